The first kappa shape index (κ1) is 14.1. The normalized spacial score (nSPS) is 10.7. The smallest absolute Gasteiger partial charge is 0.0998 e. The molecule has 0 bridgehead atoms. The van der Waals surface area contributed by atoms with Crippen molar-refractivity contribution in [2.45, 2.75) is 0 Å². The number of nitriles is 1. The summed E-state index contributed by atoms with van der Waals surface area (Å²) in [5, 5.41) is 14.8. The Morgan fingerprint density at radius 1 is 1.18 bits per heavy atom. The van der Waals surface area contributed by atoms with E-state index < -0.39 is 0 Å². The van der Waals surface area contributed by atoms with E-state index in [4.69, 9.17) is 16.9 Å². The van der Waals surface area contributed by atoms with Crippen molar-refractivity contribution in [3.05, 3.63) is 70.9 Å². The molecule has 0 spiro atoms. The quantitative estimate of drug-likeness (QED) is 0.582. The maximum atomic E-state index is 9.05. The van der Waals surface area contributed by atoms with E-state index in [0.717, 1.165) is 22.2 Å². The van der Waals surface area contributed by atoms with Crippen LogP contribution in [0, 0.1) is 11.3 Å². The number of anilines is 1. The van der Waals surface area contributed by atoms with Gasteiger partial charge in [-0.05, 0) is 30.3 Å². The zero-order valence-corrected chi connectivity index (χ0v) is 12.2. The summed E-state index contributed by atoms with van der Waals surface area (Å²) in [7, 11) is 0. The summed E-state index contributed by atoms with van der Waals surface area (Å²) in [6.45, 7) is 0. The molecule has 2 aromatic carbocycles. The van der Waals surface area contributed by atoms with Crippen LogP contribution < -0.4 is 5.43 Å². The summed E-state index contributed by atoms with van der Waals surface area (Å²) in [4.78, 5) is 4.28. The Balaban J connectivity index is 1.88. The molecule has 0 saturated carbocycles. The zero-order valence-electron chi connectivity index (χ0n) is 11.5. The molecular formula is C17H11ClN4. The molecule has 1 aromatic heterocycles. The number of aromatic nitrogens is 1. The fraction of sp³-hybridized carbons (Fsp3) is 0. The van der Waals surface area contributed by atoms with Gasteiger partial charge in [0, 0.05) is 22.2 Å². The molecule has 5 heteroatoms. The van der Waals surface area contributed by atoms with Gasteiger partial charge >= 0.3 is 0 Å². The third-order valence-corrected chi connectivity index (χ3v) is 3.41. The molecule has 0 aliphatic rings. The number of fused-ring (bicyclic) bond motifs is 1. The van der Waals surface area contributed by atoms with Crippen LogP contribution in [-0.2, 0) is 0 Å². The molecule has 1 N–H and O–H groups in total. The Morgan fingerprint density at radius 2 is 2.05 bits per heavy atom. The lowest BCUT2D eigenvalue weighted by atomic mass is 10.1. The van der Waals surface area contributed by atoms with E-state index in [1.807, 2.05) is 36.4 Å². The SMILES string of the molecule is N#Cc1ccccc1/C=N/Nc1ccnc2cc(Cl)ccc12. The second kappa shape index (κ2) is 6.25. The van der Waals surface area contributed by atoms with Crippen molar-refractivity contribution in [2.75, 3.05) is 5.43 Å². The molecule has 0 unspecified atom stereocenters. The van der Waals surface area contributed by atoms with Crippen LogP contribution in [0.15, 0.2) is 59.8 Å². The Kier molecular flexibility index (Phi) is 3.99. The van der Waals surface area contributed by atoms with Gasteiger partial charge in [-0.2, -0.15) is 10.4 Å². The Hall–Kier alpha value is -2.90. The largest absolute Gasteiger partial charge is 0.278 e. The summed E-state index contributed by atoms with van der Waals surface area (Å²) < 4.78 is 0. The van der Waals surface area contributed by atoms with Gasteiger partial charge in [-0.25, -0.2) is 0 Å². The van der Waals surface area contributed by atoms with E-state index >= 15 is 0 Å². The van der Waals surface area contributed by atoms with Gasteiger partial charge in [0.2, 0.25) is 0 Å². The highest BCUT2D eigenvalue weighted by Crippen LogP contribution is 2.24. The number of hydrogen-bond acceptors (Lipinski definition) is 4. The molecule has 0 aliphatic heterocycles. The summed E-state index contributed by atoms with van der Waals surface area (Å²) in [5.74, 6) is 0. The Bertz CT molecular complexity index is 897. The average molecular weight is 307 g/mol. The third-order valence-electron chi connectivity index (χ3n) is 3.17. The second-order valence-corrected chi connectivity index (χ2v) is 5.03. The lowest BCUT2D eigenvalue weighted by molar-refractivity contribution is 1.33. The van der Waals surface area contributed by atoms with E-state index in [2.05, 4.69) is 21.6 Å². The average Bonchev–Trinajstić information content (AvgIpc) is 2.55. The number of benzene rings is 2. The van der Waals surface area contributed by atoms with Gasteiger partial charge in [-0.1, -0.05) is 29.8 Å². The fourth-order valence-electron chi connectivity index (χ4n) is 2.10. The van der Waals surface area contributed by atoms with Crippen molar-refractivity contribution in [2.24, 2.45) is 5.10 Å². The lowest BCUT2D eigenvalue weighted by Gasteiger charge is -2.05. The first-order chi connectivity index (χ1) is 10.8. The predicted octanol–water partition coefficient (Wildman–Crippen LogP) is 4.21. The molecule has 0 amide bonds. The molecule has 1 heterocycles. The molecule has 106 valence electrons. The van der Waals surface area contributed by atoms with Gasteiger partial charge in [0.25, 0.3) is 0 Å². The number of nitrogens with one attached hydrogen (secondary N) is 1. The van der Waals surface area contributed by atoms with E-state index in [1.165, 1.54) is 0 Å². The molecule has 3 aromatic rings. The van der Waals surface area contributed by atoms with Gasteiger partial charge in [0.1, 0.15) is 0 Å². The number of nitrogens with zero attached hydrogens (tertiary/aromatic N) is 3. The fourth-order valence-corrected chi connectivity index (χ4v) is 2.27. The van der Waals surface area contributed by atoms with Crippen molar-refractivity contribution < 1.29 is 0 Å². The monoisotopic (exact) mass is 306 g/mol. The van der Waals surface area contributed by atoms with Crippen LogP contribution in [0.1, 0.15) is 11.1 Å². The predicted molar refractivity (Wildman–Crippen MR) is 89.1 cm³/mol. The number of halogens is 1. The third kappa shape index (κ3) is 2.90. The van der Waals surface area contributed by atoms with Gasteiger partial charge in [-0.15, -0.1) is 0 Å². The van der Waals surface area contributed by atoms with E-state index in [1.54, 1.807) is 24.5 Å². The van der Waals surface area contributed by atoms with Gasteiger partial charge in [0.15, 0.2) is 0 Å². The van der Waals surface area contributed by atoms with Crippen molar-refractivity contribution >= 4 is 34.4 Å². The number of hydrazone groups is 1. The Labute approximate surface area is 132 Å². The highest BCUT2D eigenvalue weighted by Gasteiger charge is 2.02. The maximum Gasteiger partial charge on any atom is 0.0998 e. The standard InChI is InChI=1S/C17H11ClN4/c18-14-5-6-15-16(7-8-20-17(15)9-14)22-21-11-13-4-2-1-3-12(13)10-19/h1-9,11H,(H,20,22)/b21-11+. The summed E-state index contributed by atoms with van der Waals surface area (Å²) >= 11 is 5.97. The second-order valence-electron chi connectivity index (χ2n) is 4.59. The first-order valence-electron chi connectivity index (χ1n) is 6.60. The van der Waals surface area contributed by atoms with Crippen LogP contribution in [-0.4, -0.2) is 11.2 Å². The summed E-state index contributed by atoms with van der Waals surface area (Å²) in [5.41, 5.74) is 5.95. The highest BCUT2D eigenvalue weighted by molar-refractivity contribution is 6.31. The van der Waals surface area contributed by atoms with E-state index in [9.17, 15) is 0 Å². The first-order valence-corrected chi connectivity index (χ1v) is 6.98. The van der Waals surface area contributed by atoms with Crippen LogP contribution >= 0.6 is 11.6 Å². The minimum atomic E-state index is 0.583. The number of pyridine rings is 1. The van der Waals surface area contributed by atoms with Crippen LogP contribution in [0.2, 0.25) is 5.02 Å². The van der Waals surface area contributed by atoms with Crippen LogP contribution in [0.25, 0.3) is 10.9 Å². The van der Waals surface area contributed by atoms with Crippen molar-refractivity contribution in [1.82, 2.24) is 4.98 Å². The van der Waals surface area contributed by atoms with Crippen LogP contribution in [0.4, 0.5) is 5.69 Å². The number of hydrogen-bond donors (Lipinski definition) is 1. The van der Waals surface area contributed by atoms with Gasteiger partial charge < -0.3 is 0 Å². The molecular weight excluding hydrogens is 296 g/mol. The number of rotatable bonds is 3. The molecule has 0 saturated heterocycles. The maximum absolute atomic E-state index is 9.05. The lowest BCUT2D eigenvalue weighted by Crippen LogP contribution is -1.94. The molecule has 3 rings (SSSR count). The van der Waals surface area contributed by atoms with Gasteiger partial charge in [-0.3, -0.25) is 10.4 Å². The zero-order chi connectivity index (χ0) is 15.4. The van der Waals surface area contributed by atoms with E-state index in [0.29, 0.717) is 10.6 Å². The molecule has 0 radical (unpaired) electrons. The molecule has 0 aliphatic carbocycles. The minimum absolute atomic E-state index is 0.583. The molecule has 0 atom stereocenters. The topological polar surface area (TPSA) is 61.1 Å². The highest BCUT2D eigenvalue weighted by atomic mass is 35.5. The van der Waals surface area contributed by atoms with Crippen LogP contribution in [0.3, 0.4) is 0 Å². The van der Waals surface area contributed by atoms with Crippen molar-refractivity contribution in [3.63, 3.8) is 0 Å². The van der Waals surface area contributed by atoms with Gasteiger partial charge in [0.05, 0.1) is 29.1 Å². The summed E-state index contributed by atoms with van der Waals surface area (Å²) in [6.07, 6.45) is 3.32. The molecule has 22 heavy (non-hydrogen) atoms. The summed E-state index contributed by atoms with van der Waals surface area (Å²) in [6, 6.07) is 16.8. The Morgan fingerprint density at radius 3 is 2.91 bits per heavy atom. The van der Waals surface area contributed by atoms with Crippen LogP contribution in [0.5, 0.6) is 0 Å². The van der Waals surface area contributed by atoms with E-state index in [-0.39, 0.29) is 0 Å². The molecule has 4 nitrogen and oxygen atoms in total. The van der Waals surface area contributed by atoms with Crippen molar-refractivity contribution in [1.29, 1.82) is 5.26 Å². The van der Waals surface area contributed by atoms with Crippen molar-refractivity contribution in [3.8, 4) is 6.07 Å². The minimum Gasteiger partial charge on any atom is -0.278 e. The molecule has 0 fully saturated rings.